The monoisotopic (exact) mass is 425 g/mol. The van der Waals surface area contributed by atoms with Crippen molar-refractivity contribution in [1.82, 2.24) is 9.80 Å². The summed E-state index contributed by atoms with van der Waals surface area (Å²) in [7, 11) is 7.23. The minimum atomic E-state index is -1.07. The number of carboxylic acids is 1. The highest BCUT2D eigenvalue weighted by Crippen LogP contribution is 2.12. The molecule has 0 spiro atoms. The van der Waals surface area contributed by atoms with Gasteiger partial charge in [0.2, 0.25) is 6.71 Å². The molecule has 5 nitrogen and oxygen atoms in total. The van der Waals surface area contributed by atoms with Gasteiger partial charge in [-0.3, -0.25) is 0 Å². The van der Waals surface area contributed by atoms with E-state index in [-0.39, 0.29) is 12.4 Å². The lowest BCUT2D eigenvalue weighted by molar-refractivity contribution is -0.132. The quantitative estimate of drug-likeness (QED) is 0.341. The fourth-order valence-electron chi connectivity index (χ4n) is 3.90. The Morgan fingerprint density at radius 2 is 1.25 bits per heavy atom. The molecule has 0 saturated carbocycles. The standard InChI is InChI=1S/C26H28BN3O2/c1-29(2)25(30(3)4)24(26(31)32)28-19-20-13-11-12-18-23(20)27(21-14-7-5-8-15-21)22-16-9-6-10-17-22/h5-19H,1-4H3,(H,31,32). The zero-order valence-corrected chi connectivity index (χ0v) is 18.9. The molecule has 0 saturated heterocycles. The lowest BCUT2D eigenvalue weighted by Crippen LogP contribution is -2.53. The second-order valence-electron chi connectivity index (χ2n) is 7.91. The van der Waals surface area contributed by atoms with E-state index in [9.17, 15) is 9.90 Å². The molecule has 0 amide bonds. The van der Waals surface area contributed by atoms with Crippen LogP contribution in [0.5, 0.6) is 0 Å². The zero-order chi connectivity index (χ0) is 23.1. The van der Waals surface area contributed by atoms with Crippen molar-refractivity contribution < 1.29 is 9.90 Å². The minimum Gasteiger partial charge on any atom is -0.476 e. The number of nitrogens with zero attached hydrogens (tertiary/aromatic N) is 3. The number of benzene rings is 3. The first-order valence-corrected chi connectivity index (χ1v) is 10.4. The van der Waals surface area contributed by atoms with Gasteiger partial charge in [-0.2, -0.15) is 0 Å². The van der Waals surface area contributed by atoms with Crippen LogP contribution in [0.25, 0.3) is 0 Å². The van der Waals surface area contributed by atoms with E-state index < -0.39 is 5.97 Å². The van der Waals surface area contributed by atoms with E-state index in [1.165, 1.54) is 0 Å². The van der Waals surface area contributed by atoms with Crippen molar-refractivity contribution in [3.8, 4) is 0 Å². The summed E-state index contributed by atoms with van der Waals surface area (Å²) in [6.45, 7) is -0.000486. The average Bonchev–Trinajstić information content (AvgIpc) is 2.78. The van der Waals surface area contributed by atoms with Crippen molar-refractivity contribution in [3.05, 3.63) is 102 Å². The van der Waals surface area contributed by atoms with E-state index in [0.717, 1.165) is 22.0 Å². The number of rotatable bonds is 8. The Labute approximate surface area is 190 Å². The third-order valence-corrected chi connectivity index (χ3v) is 5.17. The Balaban J connectivity index is 2.15. The van der Waals surface area contributed by atoms with Crippen LogP contribution in [-0.4, -0.2) is 62.0 Å². The summed E-state index contributed by atoms with van der Waals surface area (Å²) in [5.41, 5.74) is 4.26. The van der Waals surface area contributed by atoms with Crippen LogP contribution in [0.2, 0.25) is 0 Å². The summed E-state index contributed by atoms with van der Waals surface area (Å²) in [4.78, 5) is 20.0. The van der Waals surface area contributed by atoms with Gasteiger partial charge in [0.1, 0.15) is 5.82 Å². The van der Waals surface area contributed by atoms with Crippen molar-refractivity contribution in [2.45, 2.75) is 0 Å². The summed E-state index contributed by atoms with van der Waals surface area (Å²) in [6.07, 6.45) is 1.66. The second-order valence-corrected chi connectivity index (χ2v) is 7.91. The third kappa shape index (κ3) is 5.27. The van der Waals surface area contributed by atoms with Crippen LogP contribution < -0.4 is 16.4 Å². The summed E-state index contributed by atoms with van der Waals surface area (Å²) >= 11 is 0. The van der Waals surface area contributed by atoms with E-state index in [1.807, 2.05) is 82.8 Å². The summed E-state index contributed by atoms with van der Waals surface area (Å²) in [5.74, 6) is -0.548. The summed E-state index contributed by atoms with van der Waals surface area (Å²) in [6, 6.07) is 28.6. The first kappa shape index (κ1) is 22.9. The highest BCUT2D eigenvalue weighted by Gasteiger charge is 2.24. The van der Waals surface area contributed by atoms with Crippen molar-refractivity contribution >= 4 is 35.3 Å². The van der Waals surface area contributed by atoms with Crippen LogP contribution in [0.4, 0.5) is 0 Å². The van der Waals surface area contributed by atoms with E-state index in [4.69, 9.17) is 0 Å². The van der Waals surface area contributed by atoms with Gasteiger partial charge < -0.3 is 14.9 Å². The van der Waals surface area contributed by atoms with Crippen LogP contribution in [0.15, 0.2) is 101 Å². The number of carboxylic acid groups (broad SMARTS) is 1. The molecule has 0 bridgehead atoms. The average molecular weight is 425 g/mol. The number of aliphatic imine (C=N–C) groups is 1. The molecule has 6 heteroatoms. The van der Waals surface area contributed by atoms with Gasteiger partial charge in [-0.05, 0) is 5.56 Å². The topological polar surface area (TPSA) is 56.1 Å². The molecule has 3 aromatic rings. The normalized spacial score (nSPS) is 10.6. The highest BCUT2D eigenvalue weighted by atomic mass is 16.4. The molecule has 3 rings (SSSR count). The van der Waals surface area contributed by atoms with Crippen molar-refractivity contribution in [3.63, 3.8) is 0 Å². The van der Waals surface area contributed by atoms with E-state index in [2.05, 4.69) is 35.3 Å². The number of hydrogen-bond donors (Lipinski definition) is 1. The van der Waals surface area contributed by atoms with Gasteiger partial charge in [-0.15, -0.1) is 0 Å². The SMILES string of the molecule is CN(C)C(=C(N=Cc1ccccc1B(c1ccccc1)c1ccccc1)C(=O)O)N(C)C. The maximum Gasteiger partial charge on any atom is 0.358 e. The lowest BCUT2D eigenvalue weighted by atomic mass is 9.36. The van der Waals surface area contributed by atoms with Crippen molar-refractivity contribution in [2.24, 2.45) is 4.99 Å². The molecule has 0 atom stereocenters. The number of hydrogen-bond acceptors (Lipinski definition) is 4. The molecular formula is C26H28BN3O2. The van der Waals surface area contributed by atoms with Crippen molar-refractivity contribution in [1.29, 1.82) is 0 Å². The lowest BCUT2D eigenvalue weighted by Gasteiger charge is -2.25. The fourth-order valence-corrected chi connectivity index (χ4v) is 3.90. The zero-order valence-electron chi connectivity index (χ0n) is 18.9. The van der Waals surface area contributed by atoms with Gasteiger partial charge >= 0.3 is 5.97 Å². The molecule has 162 valence electrons. The molecule has 0 heterocycles. The van der Waals surface area contributed by atoms with Crippen LogP contribution in [0, 0.1) is 0 Å². The maximum atomic E-state index is 12.0. The smallest absolute Gasteiger partial charge is 0.358 e. The largest absolute Gasteiger partial charge is 0.476 e. The molecule has 0 aliphatic carbocycles. The first-order valence-electron chi connectivity index (χ1n) is 10.4. The van der Waals surface area contributed by atoms with Gasteiger partial charge in [0.15, 0.2) is 5.70 Å². The Hall–Kier alpha value is -3.80. The fraction of sp³-hybridized carbons (Fsp3) is 0.154. The van der Waals surface area contributed by atoms with Crippen LogP contribution in [0.1, 0.15) is 5.56 Å². The van der Waals surface area contributed by atoms with Crippen LogP contribution in [0.3, 0.4) is 0 Å². The van der Waals surface area contributed by atoms with E-state index in [0.29, 0.717) is 5.82 Å². The number of carbonyl (C=O) groups is 1. The molecule has 0 aliphatic rings. The molecule has 0 fully saturated rings. The van der Waals surface area contributed by atoms with Gasteiger partial charge in [-0.25, -0.2) is 9.79 Å². The van der Waals surface area contributed by atoms with Gasteiger partial charge in [0.25, 0.3) is 0 Å². The Kier molecular flexibility index (Phi) is 7.50. The molecule has 0 radical (unpaired) electrons. The van der Waals surface area contributed by atoms with Crippen molar-refractivity contribution in [2.75, 3.05) is 28.2 Å². The predicted octanol–water partition coefficient (Wildman–Crippen LogP) is 2.00. The number of aliphatic carboxylic acids is 1. The molecule has 1 N–H and O–H groups in total. The van der Waals surface area contributed by atoms with E-state index >= 15 is 0 Å². The molecule has 0 aromatic heterocycles. The first-order chi connectivity index (χ1) is 15.4. The molecule has 0 aliphatic heterocycles. The molecular weight excluding hydrogens is 397 g/mol. The Morgan fingerprint density at radius 1 is 0.781 bits per heavy atom. The van der Waals surface area contributed by atoms with Crippen LogP contribution >= 0.6 is 0 Å². The van der Waals surface area contributed by atoms with Gasteiger partial charge in [-0.1, -0.05) is 101 Å². The Morgan fingerprint density at radius 3 is 1.72 bits per heavy atom. The van der Waals surface area contributed by atoms with Gasteiger partial charge in [0.05, 0.1) is 0 Å². The van der Waals surface area contributed by atoms with E-state index in [1.54, 1.807) is 16.0 Å². The third-order valence-electron chi connectivity index (χ3n) is 5.17. The minimum absolute atomic E-state index is 0.000486. The predicted molar refractivity (Wildman–Crippen MR) is 134 cm³/mol. The Bertz CT molecular complexity index is 1060. The second kappa shape index (κ2) is 10.5. The maximum absolute atomic E-state index is 12.0. The molecule has 3 aromatic carbocycles. The molecule has 32 heavy (non-hydrogen) atoms. The van der Waals surface area contributed by atoms with Crippen LogP contribution in [-0.2, 0) is 4.79 Å². The molecule has 0 unspecified atom stereocenters. The summed E-state index contributed by atoms with van der Waals surface area (Å²) in [5, 5.41) is 9.83. The highest BCUT2D eigenvalue weighted by molar-refractivity contribution is 6.96. The summed E-state index contributed by atoms with van der Waals surface area (Å²) < 4.78 is 0. The van der Waals surface area contributed by atoms with Gasteiger partial charge in [0, 0.05) is 34.4 Å².